The fourth-order valence-corrected chi connectivity index (χ4v) is 6.02. The lowest BCUT2D eigenvalue weighted by Gasteiger charge is -2.34. The highest BCUT2D eigenvalue weighted by Crippen LogP contribution is 2.38. The van der Waals surface area contributed by atoms with E-state index in [1.165, 1.54) is 49.0 Å². The number of rotatable bonds is 7. The first-order chi connectivity index (χ1) is 15.9. The molecule has 0 aromatic heterocycles. The smallest absolute Gasteiger partial charge is 0.137 e. The molecule has 1 fully saturated rings. The van der Waals surface area contributed by atoms with Gasteiger partial charge in [-0.15, -0.1) is 0 Å². The van der Waals surface area contributed by atoms with Crippen LogP contribution in [0.15, 0.2) is 70.9 Å². The third-order valence-electron chi connectivity index (χ3n) is 7.87. The predicted octanol–water partition coefficient (Wildman–Crippen LogP) is 8.79. The molecule has 2 nitrogen and oxygen atoms in total. The summed E-state index contributed by atoms with van der Waals surface area (Å²) in [5.41, 5.74) is 5.50. The number of carbonyl (C=O) groups excluding carboxylic acids is 1. The van der Waals surface area contributed by atoms with E-state index in [2.05, 4.69) is 69.3 Å². The van der Waals surface area contributed by atoms with Gasteiger partial charge in [0.25, 0.3) is 0 Å². The molecule has 182 valence electrons. The van der Waals surface area contributed by atoms with E-state index in [1.807, 2.05) is 6.20 Å². The standard InChI is InChI=1S/C31H41NO.3H2/c1-31(2,3)28(20-23-11-5-4-6-12-23)30(33)22-25-14-9-13-24(19-25)21-29-27-17-8-7-15-26(27)16-10-18-32-29;;;/h4-6,8,10-12,17-18,24-25,28H,7,9,13-16,19-22H2,1-3H3;3*1H/t24?,25-,28+;;;/m1.../s1. The van der Waals surface area contributed by atoms with Gasteiger partial charge in [0.1, 0.15) is 5.78 Å². The average molecular weight is 450 g/mol. The molecule has 3 atom stereocenters. The summed E-state index contributed by atoms with van der Waals surface area (Å²) in [4.78, 5) is 18.4. The summed E-state index contributed by atoms with van der Waals surface area (Å²) < 4.78 is 0. The Balaban J connectivity index is 0.00000216. The number of benzene rings is 1. The van der Waals surface area contributed by atoms with Crippen LogP contribution < -0.4 is 0 Å². The van der Waals surface area contributed by atoms with E-state index in [1.54, 1.807) is 5.57 Å². The summed E-state index contributed by atoms with van der Waals surface area (Å²) >= 11 is 0. The third kappa shape index (κ3) is 6.43. The van der Waals surface area contributed by atoms with Gasteiger partial charge in [-0.3, -0.25) is 9.79 Å². The molecular weight excluding hydrogens is 402 g/mol. The molecule has 1 heterocycles. The number of carbonyl (C=O) groups is 1. The second-order valence-electron chi connectivity index (χ2n) is 11.5. The molecule has 3 aliphatic rings. The average Bonchev–Trinajstić information content (AvgIpc) is 3.00. The van der Waals surface area contributed by atoms with E-state index >= 15 is 0 Å². The summed E-state index contributed by atoms with van der Waals surface area (Å²) in [5, 5.41) is 0. The molecule has 1 aromatic rings. The first-order valence-corrected chi connectivity index (χ1v) is 13.1. The number of aliphatic imine (C=N–C) groups is 1. The normalized spacial score (nSPS) is 24.2. The second kappa shape index (κ2) is 10.8. The summed E-state index contributed by atoms with van der Waals surface area (Å²) in [5.74, 6) is 1.71. The van der Waals surface area contributed by atoms with Crippen LogP contribution in [0.1, 0.15) is 88.4 Å². The van der Waals surface area contributed by atoms with Crippen molar-refractivity contribution in [3.05, 3.63) is 71.5 Å². The maximum absolute atomic E-state index is 13.5. The molecule has 0 saturated heterocycles. The zero-order chi connectivity index (χ0) is 23.3. The molecule has 1 aromatic carbocycles. The Labute approximate surface area is 205 Å². The summed E-state index contributed by atoms with van der Waals surface area (Å²) in [6, 6.07) is 10.5. The highest BCUT2D eigenvalue weighted by molar-refractivity contribution is 6.04. The van der Waals surface area contributed by atoms with Crippen LogP contribution in [0.3, 0.4) is 0 Å². The minimum Gasteiger partial charge on any atom is -0.299 e. The molecule has 2 aliphatic carbocycles. The van der Waals surface area contributed by atoms with Gasteiger partial charge in [-0.2, -0.15) is 0 Å². The zero-order valence-corrected chi connectivity index (χ0v) is 20.9. The van der Waals surface area contributed by atoms with Crippen molar-refractivity contribution in [1.82, 2.24) is 0 Å². The van der Waals surface area contributed by atoms with Crippen LogP contribution in [0, 0.1) is 23.2 Å². The number of Topliss-reactive ketones (excluding diaryl/α,β-unsaturated/α-hetero) is 1. The van der Waals surface area contributed by atoms with Gasteiger partial charge < -0.3 is 0 Å². The lowest BCUT2D eigenvalue weighted by Crippen LogP contribution is -2.32. The molecule has 0 spiro atoms. The summed E-state index contributed by atoms with van der Waals surface area (Å²) in [7, 11) is 0. The van der Waals surface area contributed by atoms with Crippen molar-refractivity contribution in [3.8, 4) is 0 Å². The van der Waals surface area contributed by atoms with Gasteiger partial charge in [-0.1, -0.05) is 94.2 Å². The molecule has 1 saturated carbocycles. The maximum atomic E-state index is 13.5. The monoisotopic (exact) mass is 449 g/mol. The molecule has 0 bridgehead atoms. The van der Waals surface area contributed by atoms with Crippen LogP contribution >= 0.6 is 0 Å². The van der Waals surface area contributed by atoms with Crippen molar-refractivity contribution < 1.29 is 9.07 Å². The fraction of sp³-hybridized carbons (Fsp3) is 0.548. The number of ketones is 1. The van der Waals surface area contributed by atoms with Crippen molar-refractivity contribution in [2.45, 2.75) is 85.0 Å². The van der Waals surface area contributed by atoms with Gasteiger partial charge in [0.15, 0.2) is 0 Å². The van der Waals surface area contributed by atoms with Crippen molar-refractivity contribution in [2.75, 3.05) is 0 Å². The van der Waals surface area contributed by atoms with E-state index < -0.39 is 0 Å². The van der Waals surface area contributed by atoms with E-state index in [-0.39, 0.29) is 15.6 Å². The molecule has 33 heavy (non-hydrogen) atoms. The molecular formula is C31H47NO. The van der Waals surface area contributed by atoms with Crippen LogP contribution in [0.25, 0.3) is 0 Å². The Hall–Kier alpha value is -2.22. The molecule has 4 rings (SSSR count). The van der Waals surface area contributed by atoms with Crippen molar-refractivity contribution in [3.63, 3.8) is 0 Å². The second-order valence-corrected chi connectivity index (χ2v) is 11.5. The van der Waals surface area contributed by atoms with Crippen molar-refractivity contribution >= 4 is 11.5 Å². The fourth-order valence-electron chi connectivity index (χ4n) is 6.02. The minimum atomic E-state index is -0.0153. The molecule has 0 radical (unpaired) electrons. The van der Waals surface area contributed by atoms with Gasteiger partial charge in [0.05, 0.1) is 0 Å². The Bertz CT molecular complexity index is 956. The van der Waals surface area contributed by atoms with Gasteiger partial charge in [0.2, 0.25) is 0 Å². The summed E-state index contributed by atoms with van der Waals surface area (Å²) in [6.45, 7) is 6.68. The summed E-state index contributed by atoms with van der Waals surface area (Å²) in [6.07, 6.45) is 19.8. The van der Waals surface area contributed by atoms with Gasteiger partial charge in [-0.25, -0.2) is 0 Å². The molecule has 0 amide bonds. The van der Waals surface area contributed by atoms with E-state index in [0.717, 1.165) is 32.1 Å². The number of nitrogens with zero attached hydrogens (tertiary/aromatic N) is 1. The van der Waals surface area contributed by atoms with Gasteiger partial charge >= 0.3 is 0 Å². The lowest BCUT2D eigenvalue weighted by molar-refractivity contribution is -0.127. The Morgan fingerprint density at radius 1 is 1.12 bits per heavy atom. The maximum Gasteiger partial charge on any atom is 0.137 e. The SMILES string of the molecule is CC(C)(C)[C@@H](Cc1ccccc1)C(=O)C[C@@H]1CCCC(CC2=NC=CCC3=C2C=CCC3)C1.[HH].[HH].[HH]. The number of allylic oxidation sites excluding steroid dienone is 5. The zero-order valence-electron chi connectivity index (χ0n) is 20.9. The van der Waals surface area contributed by atoms with Crippen LogP contribution in [0.2, 0.25) is 0 Å². The van der Waals surface area contributed by atoms with E-state index in [9.17, 15) is 4.79 Å². The molecule has 1 aliphatic heterocycles. The van der Waals surface area contributed by atoms with Crippen LogP contribution in [0.4, 0.5) is 0 Å². The Morgan fingerprint density at radius 3 is 2.70 bits per heavy atom. The highest BCUT2D eigenvalue weighted by Gasteiger charge is 2.34. The first kappa shape index (κ1) is 23.9. The minimum absolute atomic E-state index is 0. The lowest BCUT2D eigenvalue weighted by atomic mass is 9.70. The number of hydrogen-bond acceptors (Lipinski definition) is 2. The molecule has 1 unspecified atom stereocenters. The first-order valence-electron chi connectivity index (χ1n) is 13.1. The van der Waals surface area contributed by atoms with Crippen LogP contribution in [0.5, 0.6) is 0 Å². The predicted molar refractivity (Wildman–Crippen MR) is 146 cm³/mol. The Kier molecular flexibility index (Phi) is 7.83. The van der Waals surface area contributed by atoms with Gasteiger partial charge in [0, 0.05) is 28.5 Å². The molecule has 0 N–H and O–H groups in total. The third-order valence-corrected chi connectivity index (χ3v) is 7.87. The van der Waals surface area contributed by atoms with Crippen LogP contribution in [-0.4, -0.2) is 11.5 Å². The quantitative estimate of drug-likeness (QED) is 0.409. The largest absolute Gasteiger partial charge is 0.299 e. The van der Waals surface area contributed by atoms with Crippen molar-refractivity contribution in [2.24, 2.45) is 28.2 Å². The van der Waals surface area contributed by atoms with Crippen LogP contribution in [-0.2, 0) is 11.2 Å². The molecule has 2 heteroatoms. The highest BCUT2D eigenvalue weighted by atomic mass is 16.1. The van der Waals surface area contributed by atoms with E-state index in [4.69, 9.17) is 4.99 Å². The van der Waals surface area contributed by atoms with Gasteiger partial charge in [-0.05, 0) is 66.9 Å². The van der Waals surface area contributed by atoms with E-state index in [0.29, 0.717) is 17.6 Å². The Morgan fingerprint density at radius 2 is 1.91 bits per heavy atom. The van der Waals surface area contributed by atoms with Crippen molar-refractivity contribution in [1.29, 1.82) is 0 Å². The topological polar surface area (TPSA) is 29.4 Å². The number of hydrogen-bond donors (Lipinski definition) is 0.